The molecule has 0 amide bonds. The Labute approximate surface area is 115 Å². The lowest BCUT2D eigenvalue weighted by atomic mass is 10.0. The van der Waals surface area contributed by atoms with Crippen molar-refractivity contribution in [3.63, 3.8) is 0 Å². The molecule has 0 bridgehead atoms. The molecule has 2 aromatic carbocycles. The number of rotatable bonds is 5. The first-order valence-electron chi connectivity index (χ1n) is 6.73. The van der Waals surface area contributed by atoms with Crippen molar-refractivity contribution in [3.8, 4) is 5.75 Å². The first-order chi connectivity index (χ1) is 9.16. The molecule has 0 aromatic heterocycles. The molecule has 0 radical (unpaired) electrons. The predicted octanol–water partition coefficient (Wildman–Crippen LogP) is 4.01. The van der Waals surface area contributed by atoms with Gasteiger partial charge in [0.1, 0.15) is 5.75 Å². The highest BCUT2D eigenvalue weighted by atomic mass is 16.5. The topological polar surface area (TPSA) is 35.2 Å². The van der Waals surface area contributed by atoms with Gasteiger partial charge in [0.2, 0.25) is 0 Å². The molecule has 0 fully saturated rings. The van der Waals surface area contributed by atoms with Crippen molar-refractivity contribution < 1.29 is 4.74 Å². The van der Waals surface area contributed by atoms with Gasteiger partial charge in [0.05, 0.1) is 6.61 Å². The highest BCUT2D eigenvalue weighted by Crippen LogP contribution is 2.25. The average Bonchev–Trinajstić information content (AvgIpc) is 2.41. The first-order valence-corrected chi connectivity index (χ1v) is 6.73. The molecule has 0 spiro atoms. The lowest BCUT2D eigenvalue weighted by Gasteiger charge is -2.13. The van der Waals surface area contributed by atoms with E-state index in [-0.39, 0.29) is 0 Å². The summed E-state index contributed by atoms with van der Waals surface area (Å²) in [5.41, 5.74) is 8.98. The van der Waals surface area contributed by atoms with E-state index in [4.69, 9.17) is 10.5 Å². The lowest BCUT2D eigenvalue weighted by molar-refractivity contribution is 0.317. The van der Waals surface area contributed by atoms with Crippen molar-refractivity contribution >= 4 is 5.69 Å². The zero-order valence-electron chi connectivity index (χ0n) is 11.6. The Kier molecular flexibility index (Phi) is 4.45. The fourth-order valence-electron chi connectivity index (χ4n) is 2.05. The van der Waals surface area contributed by atoms with Crippen LogP contribution in [0.1, 0.15) is 30.9 Å². The second-order valence-corrected chi connectivity index (χ2v) is 5.03. The molecule has 0 atom stereocenters. The van der Waals surface area contributed by atoms with Crippen molar-refractivity contribution in [2.45, 2.75) is 26.2 Å². The van der Waals surface area contributed by atoms with Gasteiger partial charge in [0.15, 0.2) is 0 Å². The fraction of sp³-hybridized carbons (Fsp3) is 0.294. The summed E-state index contributed by atoms with van der Waals surface area (Å²) in [6.07, 6.45) is 0.896. The molecule has 0 aliphatic heterocycles. The van der Waals surface area contributed by atoms with E-state index in [0.29, 0.717) is 12.5 Å². The van der Waals surface area contributed by atoms with Crippen molar-refractivity contribution in [2.24, 2.45) is 0 Å². The highest BCUT2D eigenvalue weighted by Gasteiger charge is 2.06. The van der Waals surface area contributed by atoms with Gasteiger partial charge >= 0.3 is 0 Å². The summed E-state index contributed by atoms with van der Waals surface area (Å²) >= 11 is 0. The number of benzene rings is 2. The summed E-state index contributed by atoms with van der Waals surface area (Å²) in [6.45, 7) is 5.05. The van der Waals surface area contributed by atoms with Gasteiger partial charge in [0, 0.05) is 12.1 Å². The van der Waals surface area contributed by atoms with Crippen LogP contribution in [0.5, 0.6) is 5.75 Å². The zero-order valence-corrected chi connectivity index (χ0v) is 11.6. The molecular formula is C17H21NO. The van der Waals surface area contributed by atoms with E-state index in [1.54, 1.807) is 0 Å². The maximum absolute atomic E-state index is 5.90. The van der Waals surface area contributed by atoms with Gasteiger partial charge in [-0.3, -0.25) is 0 Å². The third-order valence-electron chi connectivity index (χ3n) is 3.17. The molecule has 100 valence electrons. The van der Waals surface area contributed by atoms with Gasteiger partial charge in [-0.05, 0) is 35.2 Å². The third-order valence-corrected chi connectivity index (χ3v) is 3.17. The van der Waals surface area contributed by atoms with Gasteiger partial charge in [-0.15, -0.1) is 0 Å². The molecule has 0 unspecified atom stereocenters. The van der Waals surface area contributed by atoms with E-state index in [0.717, 1.165) is 17.9 Å². The zero-order chi connectivity index (χ0) is 13.7. The molecular weight excluding hydrogens is 234 g/mol. The standard InChI is InChI=1S/C17H21NO/c1-13(2)16-5-3-4-6-17(16)19-12-11-14-7-9-15(18)10-8-14/h3-10,13H,11-12,18H2,1-2H3. The van der Waals surface area contributed by atoms with Crippen LogP contribution in [0.15, 0.2) is 48.5 Å². The van der Waals surface area contributed by atoms with Crippen molar-refractivity contribution in [1.82, 2.24) is 0 Å². The SMILES string of the molecule is CC(C)c1ccccc1OCCc1ccc(N)cc1. The number of hydrogen-bond acceptors (Lipinski definition) is 2. The highest BCUT2D eigenvalue weighted by molar-refractivity contribution is 5.39. The van der Waals surface area contributed by atoms with Crippen LogP contribution in [0.3, 0.4) is 0 Å². The molecule has 2 N–H and O–H groups in total. The Morgan fingerprint density at radius 1 is 1.00 bits per heavy atom. The summed E-state index contributed by atoms with van der Waals surface area (Å²) in [7, 11) is 0. The minimum Gasteiger partial charge on any atom is -0.493 e. The number of ether oxygens (including phenoxy) is 1. The fourth-order valence-corrected chi connectivity index (χ4v) is 2.05. The van der Waals surface area contributed by atoms with Gasteiger partial charge in [-0.1, -0.05) is 44.2 Å². The molecule has 2 rings (SSSR count). The van der Waals surface area contributed by atoms with Crippen LogP contribution >= 0.6 is 0 Å². The summed E-state index contributed by atoms with van der Waals surface area (Å²) in [5, 5.41) is 0. The molecule has 2 aromatic rings. The summed E-state index contributed by atoms with van der Waals surface area (Å²) < 4.78 is 5.90. The molecule has 2 heteroatoms. The Morgan fingerprint density at radius 3 is 2.37 bits per heavy atom. The van der Waals surface area contributed by atoms with E-state index < -0.39 is 0 Å². The normalized spacial score (nSPS) is 10.7. The van der Waals surface area contributed by atoms with E-state index >= 15 is 0 Å². The Morgan fingerprint density at radius 2 is 1.68 bits per heavy atom. The van der Waals surface area contributed by atoms with Gasteiger partial charge in [-0.2, -0.15) is 0 Å². The number of nitrogen functional groups attached to an aromatic ring is 1. The van der Waals surface area contributed by atoms with Crippen LogP contribution in [0.4, 0.5) is 5.69 Å². The molecule has 0 aliphatic rings. The quantitative estimate of drug-likeness (QED) is 0.819. The summed E-state index contributed by atoms with van der Waals surface area (Å²) in [5.74, 6) is 1.47. The minimum absolute atomic E-state index is 0.479. The number of hydrogen-bond donors (Lipinski definition) is 1. The Bertz CT molecular complexity index is 517. The van der Waals surface area contributed by atoms with Crippen molar-refractivity contribution in [2.75, 3.05) is 12.3 Å². The smallest absolute Gasteiger partial charge is 0.122 e. The van der Waals surface area contributed by atoms with Crippen LogP contribution in [0.25, 0.3) is 0 Å². The average molecular weight is 255 g/mol. The lowest BCUT2D eigenvalue weighted by Crippen LogP contribution is -2.04. The largest absolute Gasteiger partial charge is 0.493 e. The van der Waals surface area contributed by atoms with E-state index in [9.17, 15) is 0 Å². The number of nitrogens with two attached hydrogens (primary N) is 1. The van der Waals surface area contributed by atoms with Crippen LogP contribution in [0, 0.1) is 0 Å². The molecule has 0 heterocycles. The Balaban J connectivity index is 1.94. The van der Waals surface area contributed by atoms with Crippen molar-refractivity contribution in [3.05, 3.63) is 59.7 Å². The number of anilines is 1. The van der Waals surface area contributed by atoms with E-state index in [1.807, 2.05) is 36.4 Å². The van der Waals surface area contributed by atoms with Gasteiger partial charge < -0.3 is 10.5 Å². The predicted molar refractivity (Wildman–Crippen MR) is 80.6 cm³/mol. The number of para-hydroxylation sites is 1. The molecule has 2 nitrogen and oxygen atoms in total. The van der Waals surface area contributed by atoms with Crippen molar-refractivity contribution in [1.29, 1.82) is 0 Å². The molecule has 0 saturated heterocycles. The second kappa shape index (κ2) is 6.28. The van der Waals surface area contributed by atoms with Crippen LogP contribution < -0.4 is 10.5 Å². The first kappa shape index (κ1) is 13.5. The van der Waals surface area contributed by atoms with Gasteiger partial charge in [-0.25, -0.2) is 0 Å². The Hall–Kier alpha value is -1.96. The van der Waals surface area contributed by atoms with Crippen LogP contribution in [-0.2, 0) is 6.42 Å². The molecule has 0 saturated carbocycles. The van der Waals surface area contributed by atoms with E-state index in [2.05, 4.69) is 26.0 Å². The third kappa shape index (κ3) is 3.75. The van der Waals surface area contributed by atoms with Gasteiger partial charge in [0.25, 0.3) is 0 Å². The van der Waals surface area contributed by atoms with Crippen LogP contribution in [0.2, 0.25) is 0 Å². The minimum atomic E-state index is 0.479. The maximum atomic E-state index is 5.90. The summed E-state index contributed by atoms with van der Waals surface area (Å²) in [6, 6.07) is 16.2. The monoisotopic (exact) mass is 255 g/mol. The molecule has 19 heavy (non-hydrogen) atoms. The second-order valence-electron chi connectivity index (χ2n) is 5.03. The van der Waals surface area contributed by atoms with E-state index in [1.165, 1.54) is 11.1 Å². The maximum Gasteiger partial charge on any atom is 0.122 e. The van der Waals surface area contributed by atoms with Crippen LogP contribution in [-0.4, -0.2) is 6.61 Å². The summed E-state index contributed by atoms with van der Waals surface area (Å²) in [4.78, 5) is 0. The molecule has 0 aliphatic carbocycles.